The molecule has 0 fully saturated rings. The van der Waals surface area contributed by atoms with E-state index in [1.807, 2.05) is 37.3 Å². The Morgan fingerprint density at radius 2 is 1.75 bits per heavy atom. The summed E-state index contributed by atoms with van der Waals surface area (Å²) in [5, 5.41) is 4.23. The molecule has 2 aliphatic rings. The van der Waals surface area contributed by atoms with Gasteiger partial charge in [-0.1, -0.05) is 11.2 Å². The van der Waals surface area contributed by atoms with Gasteiger partial charge in [0, 0.05) is 6.42 Å². The van der Waals surface area contributed by atoms with Crippen molar-refractivity contribution in [2.75, 3.05) is 19.8 Å². The Labute approximate surface area is 140 Å². The third-order valence-electron chi connectivity index (χ3n) is 4.15. The highest BCUT2D eigenvalue weighted by Crippen LogP contribution is 2.31. The second kappa shape index (κ2) is 6.43. The number of benzene rings is 2. The standard InChI is InChI=1S/C19H19NO4/c1-13(15-3-5-17-16(11-15)6-7-21-17)20-24-12-14-2-4-18-19(10-14)23-9-8-22-18/h2-5,10-11H,6-9,12H2,1H3/b20-13+. The van der Waals surface area contributed by atoms with Gasteiger partial charge in [-0.05, 0) is 53.9 Å². The third-order valence-corrected chi connectivity index (χ3v) is 4.15. The van der Waals surface area contributed by atoms with E-state index in [1.165, 1.54) is 5.56 Å². The topological polar surface area (TPSA) is 49.3 Å². The minimum absolute atomic E-state index is 0.391. The molecule has 0 saturated heterocycles. The van der Waals surface area contributed by atoms with Crippen LogP contribution in [0.15, 0.2) is 41.6 Å². The largest absolute Gasteiger partial charge is 0.493 e. The summed E-state index contributed by atoms with van der Waals surface area (Å²) in [6, 6.07) is 11.9. The number of nitrogens with zero attached hydrogens (tertiary/aromatic N) is 1. The van der Waals surface area contributed by atoms with Crippen LogP contribution in [0.3, 0.4) is 0 Å². The van der Waals surface area contributed by atoms with Crippen molar-refractivity contribution < 1.29 is 19.0 Å². The zero-order valence-corrected chi connectivity index (χ0v) is 13.6. The predicted molar refractivity (Wildman–Crippen MR) is 90.1 cm³/mol. The molecular weight excluding hydrogens is 306 g/mol. The molecule has 0 aromatic heterocycles. The minimum Gasteiger partial charge on any atom is -0.493 e. The summed E-state index contributed by atoms with van der Waals surface area (Å²) in [4.78, 5) is 5.51. The Kier molecular flexibility index (Phi) is 3.99. The Hall–Kier alpha value is -2.69. The number of fused-ring (bicyclic) bond motifs is 2. The average molecular weight is 325 g/mol. The predicted octanol–water partition coefficient (Wildman–Crippen LogP) is 3.33. The van der Waals surface area contributed by atoms with Gasteiger partial charge in [0.15, 0.2) is 11.5 Å². The molecular formula is C19H19NO4. The molecule has 5 nitrogen and oxygen atoms in total. The maximum Gasteiger partial charge on any atom is 0.161 e. The summed E-state index contributed by atoms with van der Waals surface area (Å²) in [6.07, 6.45) is 0.953. The first-order valence-electron chi connectivity index (χ1n) is 8.11. The first-order valence-corrected chi connectivity index (χ1v) is 8.11. The summed E-state index contributed by atoms with van der Waals surface area (Å²) in [5.74, 6) is 2.52. The highest BCUT2D eigenvalue weighted by Gasteiger charge is 2.13. The molecule has 0 radical (unpaired) electrons. The van der Waals surface area contributed by atoms with E-state index >= 15 is 0 Å². The smallest absolute Gasteiger partial charge is 0.161 e. The van der Waals surface area contributed by atoms with Gasteiger partial charge in [-0.3, -0.25) is 0 Å². The fraction of sp³-hybridized carbons (Fsp3) is 0.316. The van der Waals surface area contributed by atoms with Crippen LogP contribution in [0, 0.1) is 0 Å². The maximum absolute atomic E-state index is 5.58. The molecule has 0 unspecified atom stereocenters. The first kappa shape index (κ1) is 14.9. The van der Waals surface area contributed by atoms with Crippen LogP contribution in [0.25, 0.3) is 0 Å². The van der Waals surface area contributed by atoms with Crippen molar-refractivity contribution in [2.24, 2.45) is 5.16 Å². The lowest BCUT2D eigenvalue weighted by atomic mass is 10.1. The van der Waals surface area contributed by atoms with Crippen LogP contribution in [-0.2, 0) is 17.9 Å². The van der Waals surface area contributed by atoms with Gasteiger partial charge >= 0.3 is 0 Å². The molecule has 0 saturated carbocycles. The van der Waals surface area contributed by atoms with E-state index in [-0.39, 0.29) is 0 Å². The molecule has 2 aliphatic heterocycles. The van der Waals surface area contributed by atoms with Crippen LogP contribution < -0.4 is 14.2 Å². The van der Waals surface area contributed by atoms with E-state index < -0.39 is 0 Å². The lowest BCUT2D eigenvalue weighted by Gasteiger charge is -2.18. The highest BCUT2D eigenvalue weighted by atomic mass is 16.6. The third kappa shape index (κ3) is 3.02. The van der Waals surface area contributed by atoms with Crippen LogP contribution >= 0.6 is 0 Å². The lowest BCUT2D eigenvalue weighted by molar-refractivity contribution is 0.129. The van der Waals surface area contributed by atoms with E-state index in [1.54, 1.807) is 0 Å². The van der Waals surface area contributed by atoms with E-state index in [0.29, 0.717) is 19.8 Å². The quantitative estimate of drug-likeness (QED) is 0.639. The summed E-state index contributed by atoms with van der Waals surface area (Å²) in [5.41, 5.74) is 4.13. The van der Waals surface area contributed by atoms with Crippen LogP contribution in [-0.4, -0.2) is 25.5 Å². The second-order valence-corrected chi connectivity index (χ2v) is 5.85. The number of rotatable bonds is 4. The Morgan fingerprint density at radius 1 is 0.958 bits per heavy atom. The van der Waals surface area contributed by atoms with Crippen LogP contribution in [0.2, 0.25) is 0 Å². The molecule has 124 valence electrons. The molecule has 24 heavy (non-hydrogen) atoms. The van der Waals surface area contributed by atoms with Gasteiger partial charge in [-0.2, -0.15) is 0 Å². The number of hydrogen-bond donors (Lipinski definition) is 0. The van der Waals surface area contributed by atoms with Crippen molar-refractivity contribution in [2.45, 2.75) is 20.0 Å². The van der Waals surface area contributed by atoms with Crippen LogP contribution in [0.4, 0.5) is 0 Å². The Bertz CT molecular complexity index is 785. The molecule has 2 heterocycles. The molecule has 0 N–H and O–H groups in total. The molecule has 0 bridgehead atoms. The Balaban J connectivity index is 1.41. The SMILES string of the molecule is C/C(=N\OCc1ccc2c(c1)OCCO2)c1ccc2c(c1)CCO2. The van der Waals surface area contributed by atoms with Gasteiger partial charge in [0.25, 0.3) is 0 Å². The number of hydrogen-bond acceptors (Lipinski definition) is 5. The molecule has 0 aliphatic carbocycles. The maximum atomic E-state index is 5.58. The van der Waals surface area contributed by atoms with Gasteiger partial charge in [-0.15, -0.1) is 0 Å². The van der Waals surface area contributed by atoms with Crippen molar-refractivity contribution in [3.63, 3.8) is 0 Å². The number of ether oxygens (including phenoxy) is 3. The highest BCUT2D eigenvalue weighted by molar-refractivity contribution is 5.98. The first-order chi connectivity index (χ1) is 11.8. The molecule has 5 heteroatoms. The van der Waals surface area contributed by atoms with Crippen molar-refractivity contribution in [3.05, 3.63) is 53.1 Å². The summed E-state index contributed by atoms with van der Waals surface area (Å²) in [7, 11) is 0. The Morgan fingerprint density at radius 3 is 2.67 bits per heavy atom. The molecule has 4 rings (SSSR count). The van der Waals surface area contributed by atoms with Crippen LogP contribution in [0.5, 0.6) is 17.2 Å². The minimum atomic E-state index is 0.391. The zero-order valence-electron chi connectivity index (χ0n) is 13.6. The van der Waals surface area contributed by atoms with Gasteiger partial charge in [-0.25, -0.2) is 0 Å². The lowest BCUT2D eigenvalue weighted by Crippen LogP contribution is -2.15. The molecule has 0 spiro atoms. The van der Waals surface area contributed by atoms with E-state index in [2.05, 4.69) is 11.2 Å². The van der Waals surface area contributed by atoms with Crippen molar-refractivity contribution in [1.29, 1.82) is 0 Å². The average Bonchev–Trinajstić information content (AvgIpc) is 3.09. The second-order valence-electron chi connectivity index (χ2n) is 5.85. The van der Waals surface area contributed by atoms with Crippen LogP contribution in [0.1, 0.15) is 23.6 Å². The van der Waals surface area contributed by atoms with Gasteiger partial charge in [0.2, 0.25) is 0 Å². The molecule has 0 amide bonds. The fourth-order valence-corrected chi connectivity index (χ4v) is 2.85. The monoisotopic (exact) mass is 325 g/mol. The van der Waals surface area contributed by atoms with Crippen molar-refractivity contribution >= 4 is 5.71 Å². The van der Waals surface area contributed by atoms with Crippen molar-refractivity contribution in [1.82, 2.24) is 0 Å². The fourth-order valence-electron chi connectivity index (χ4n) is 2.85. The van der Waals surface area contributed by atoms with Gasteiger partial charge in [0.05, 0.1) is 12.3 Å². The van der Waals surface area contributed by atoms with Crippen molar-refractivity contribution in [3.8, 4) is 17.2 Å². The van der Waals surface area contributed by atoms with Gasteiger partial charge in [0.1, 0.15) is 25.6 Å². The van der Waals surface area contributed by atoms with E-state index in [0.717, 1.165) is 47.1 Å². The molecule has 2 aromatic rings. The van der Waals surface area contributed by atoms with E-state index in [4.69, 9.17) is 19.0 Å². The van der Waals surface area contributed by atoms with E-state index in [9.17, 15) is 0 Å². The zero-order chi connectivity index (χ0) is 16.4. The van der Waals surface area contributed by atoms with Gasteiger partial charge < -0.3 is 19.0 Å². The molecule has 2 aromatic carbocycles. The summed E-state index contributed by atoms with van der Waals surface area (Å²) in [6.45, 7) is 4.27. The summed E-state index contributed by atoms with van der Waals surface area (Å²) >= 11 is 0. The summed E-state index contributed by atoms with van der Waals surface area (Å²) < 4.78 is 16.6. The molecule has 0 atom stereocenters. The normalized spacial score (nSPS) is 15.6. The number of oxime groups is 1.